The highest BCUT2D eigenvalue weighted by Crippen LogP contribution is 2.17. The zero-order chi connectivity index (χ0) is 19.7. The Kier molecular flexibility index (Phi) is 4.91. The standard InChI is InChI=1S/C21H15IN4O2/c1-13-24-19-17(6-4-12-23-19)21(28)26(13)15-10-8-14(9-11-15)25-20(27)16-5-2-3-7-18(16)22/h2-12H,1H3,(H,25,27). The van der Waals surface area contributed by atoms with Crippen LogP contribution in [0.2, 0.25) is 0 Å². The van der Waals surface area contributed by atoms with Crippen molar-refractivity contribution in [2.75, 3.05) is 5.32 Å². The van der Waals surface area contributed by atoms with Crippen molar-refractivity contribution in [3.63, 3.8) is 0 Å². The molecule has 0 fully saturated rings. The van der Waals surface area contributed by atoms with Crippen LogP contribution >= 0.6 is 22.6 Å². The number of aryl methyl sites for hydroxylation is 1. The number of benzene rings is 2. The lowest BCUT2D eigenvalue weighted by Gasteiger charge is -2.12. The molecule has 0 atom stereocenters. The van der Waals surface area contributed by atoms with Gasteiger partial charge in [-0.1, -0.05) is 12.1 Å². The van der Waals surface area contributed by atoms with Gasteiger partial charge in [-0.25, -0.2) is 9.97 Å². The van der Waals surface area contributed by atoms with Crippen LogP contribution in [0.25, 0.3) is 16.7 Å². The molecule has 0 saturated carbocycles. The molecule has 4 aromatic rings. The van der Waals surface area contributed by atoms with Crippen molar-refractivity contribution in [1.29, 1.82) is 0 Å². The Labute approximate surface area is 174 Å². The number of pyridine rings is 1. The summed E-state index contributed by atoms with van der Waals surface area (Å²) < 4.78 is 2.42. The minimum atomic E-state index is -0.176. The maximum atomic E-state index is 12.8. The van der Waals surface area contributed by atoms with Crippen molar-refractivity contribution in [3.05, 3.63) is 92.2 Å². The van der Waals surface area contributed by atoms with Gasteiger partial charge in [0.1, 0.15) is 5.82 Å². The molecule has 0 saturated heterocycles. The summed E-state index contributed by atoms with van der Waals surface area (Å²) in [6, 6.07) is 17.9. The number of anilines is 1. The summed E-state index contributed by atoms with van der Waals surface area (Å²) in [6.45, 7) is 1.77. The second kappa shape index (κ2) is 7.51. The van der Waals surface area contributed by atoms with E-state index < -0.39 is 0 Å². The zero-order valence-electron chi connectivity index (χ0n) is 14.9. The van der Waals surface area contributed by atoms with E-state index in [0.717, 1.165) is 3.57 Å². The van der Waals surface area contributed by atoms with Gasteiger partial charge < -0.3 is 5.32 Å². The molecule has 0 aliphatic carbocycles. The van der Waals surface area contributed by atoms with Crippen molar-refractivity contribution in [3.8, 4) is 5.69 Å². The van der Waals surface area contributed by atoms with Crippen LogP contribution in [0.3, 0.4) is 0 Å². The van der Waals surface area contributed by atoms with E-state index in [-0.39, 0.29) is 11.5 Å². The lowest BCUT2D eigenvalue weighted by atomic mass is 10.2. The van der Waals surface area contributed by atoms with Gasteiger partial charge in [-0.05, 0) is 78.0 Å². The Morgan fingerprint density at radius 3 is 2.54 bits per heavy atom. The highest BCUT2D eigenvalue weighted by molar-refractivity contribution is 14.1. The third kappa shape index (κ3) is 3.40. The van der Waals surface area contributed by atoms with E-state index in [1.54, 1.807) is 55.6 Å². The molecule has 138 valence electrons. The van der Waals surface area contributed by atoms with E-state index in [2.05, 4.69) is 37.9 Å². The molecular weight excluding hydrogens is 467 g/mol. The molecule has 0 spiro atoms. The summed E-state index contributed by atoms with van der Waals surface area (Å²) >= 11 is 2.13. The Morgan fingerprint density at radius 1 is 1.04 bits per heavy atom. The van der Waals surface area contributed by atoms with Crippen molar-refractivity contribution >= 4 is 45.2 Å². The third-order valence-electron chi connectivity index (χ3n) is 4.31. The van der Waals surface area contributed by atoms with Gasteiger partial charge in [0.25, 0.3) is 11.5 Å². The highest BCUT2D eigenvalue weighted by Gasteiger charge is 2.12. The fraction of sp³-hybridized carbons (Fsp3) is 0.0476. The summed E-state index contributed by atoms with van der Waals surface area (Å²) in [6.07, 6.45) is 1.62. The molecule has 4 rings (SSSR count). The number of rotatable bonds is 3. The van der Waals surface area contributed by atoms with Gasteiger partial charge in [-0.3, -0.25) is 14.2 Å². The van der Waals surface area contributed by atoms with E-state index in [9.17, 15) is 9.59 Å². The van der Waals surface area contributed by atoms with E-state index >= 15 is 0 Å². The smallest absolute Gasteiger partial charge is 0.267 e. The lowest BCUT2D eigenvalue weighted by molar-refractivity contribution is 0.102. The van der Waals surface area contributed by atoms with E-state index in [1.807, 2.05) is 18.2 Å². The van der Waals surface area contributed by atoms with Gasteiger partial charge in [-0.2, -0.15) is 0 Å². The minimum absolute atomic E-state index is 0.175. The number of amides is 1. The van der Waals surface area contributed by atoms with Crippen molar-refractivity contribution < 1.29 is 4.79 Å². The molecule has 7 heteroatoms. The number of carbonyl (C=O) groups is 1. The first-order chi connectivity index (χ1) is 13.5. The molecule has 0 unspecified atom stereocenters. The molecule has 28 heavy (non-hydrogen) atoms. The van der Waals surface area contributed by atoms with Crippen LogP contribution in [0.5, 0.6) is 0 Å². The monoisotopic (exact) mass is 482 g/mol. The van der Waals surface area contributed by atoms with Crippen LogP contribution < -0.4 is 10.9 Å². The molecular formula is C21H15IN4O2. The number of hydrogen-bond acceptors (Lipinski definition) is 4. The van der Waals surface area contributed by atoms with E-state index in [4.69, 9.17) is 0 Å². The molecule has 6 nitrogen and oxygen atoms in total. The molecule has 0 radical (unpaired) electrons. The first kappa shape index (κ1) is 18.3. The first-order valence-electron chi connectivity index (χ1n) is 8.55. The second-order valence-electron chi connectivity index (χ2n) is 6.15. The number of nitrogens with zero attached hydrogens (tertiary/aromatic N) is 3. The lowest BCUT2D eigenvalue weighted by Crippen LogP contribution is -2.22. The second-order valence-corrected chi connectivity index (χ2v) is 7.32. The van der Waals surface area contributed by atoms with Crippen LogP contribution in [0, 0.1) is 10.5 Å². The number of hydrogen-bond donors (Lipinski definition) is 1. The summed E-state index contributed by atoms with van der Waals surface area (Å²) in [5, 5.41) is 3.34. The summed E-state index contributed by atoms with van der Waals surface area (Å²) in [4.78, 5) is 33.9. The molecule has 2 aromatic heterocycles. The van der Waals surface area contributed by atoms with Crippen LogP contribution in [0.15, 0.2) is 71.7 Å². The number of carbonyl (C=O) groups excluding carboxylic acids is 1. The van der Waals surface area contributed by atoms with Crippen LogP contribution in [0.4, 0.5) is 5.69 Å². The molecule has 1 N–H and O–H groups in total. The Hall–Kier alpha value is -3.07. The van der Waals surface area contributed by atoms with E-state index in [1.165, 1.54) is 4.57 Å². The molecule has 2 aromatic carbocycles. The summed E-state index contributed by atoms with van der Waals surface area (Å²) in [5.74, 6) is 0.372. The van der Waals surface area contributed by atoms with Crippen molar-refractivity contribution in [2.45, 2.75) is 6.92 Å². The largest absolute Gasteiger partial charge is 0.322 e. The average Bonchev–Trinajstić information content (AvgIpc) is 2.69. The molecule has 1 amide bonds. The molecule has 0 aliphatic heterocycles. The maximum Gasteiger partial charge on any atom is 0.267 e. The minimum Gasteiger partial charge on any atom is -0.322 e. The van der Waals surface area contributed by atoms with Crippen LogP contribution in [-0.2, 0) is 0 Å². The fourth-order valence-electron chi connectivity index (χ4n) is 2.97. The average molecular weight is 482 g/mol. The maximum absolute atomic E-state index is 12.8. The van der Waals surface area contributed by atoms with Gasteiger partial charge in [0, 0.05) is 15.5 Å². The predicted octanol–water partition coefficient (Wildman–Crippen LogP) is 3.95. The van der Waals surface area contributed by atoms with Gasteiger partial charge in [0.2, 0.25) is 0 Å². The van der Waals surface area contributed by atoms with Crippen molar-refractivity contribution in [1.82, 2.24) is 14.5 Å². The van der Waals surface area contributed by atoms with E-state index in [0.29, 0.717) is 33.8 Å². The molecule has 0 bridgehead atoms. The first-order valence-corrected chi connectivity index (χ1v) is 9.63. The number of fused-ring (bicyclic) bond motifs is 1. The number of halogens is 1. The van der Waals surface area contributed by atoms with Crippen LogP contribution in [0.1, 0.15) is 16.2 Å². The quantitative estimate of drug-likeness (QED) is 0.449. The summed E-state index contributed by atoms with van der Waals surface area (Å²) in [5.41, 5.74) is 2.20. The molecule has 0 aliphatic rings. The Balaban J connectivity index is 1.66. The Morgan fingerprint density at radius 2 is 1.79 bits per heavy atom. The fourth-order valence-corrected chi connectivity index (χ4v) is 3.60. The van der Waals surface area contributed by atoms with Crippen LogP contribution in [-0.4, -0.2) is 20.4 Å². The predicted molar refractivity (Wildman–Crippen MR) is 117 cm³/mol. The van der Waals surface area contributed by atoms with Gasteiger partial charge in [0.15, 0.2) is 5.65 Å². The van der Waals surface area contributed by atoms with Crippen molar-refractivity contribution in [2.24, 2.45) is 0 Å². The number of nitrogens with one attached hydrogen (secondary N) is 1. The van der Waals surface area contributed by atoms with Gasteiger partial charge >= 0.3 is 0 Å². The number of aromatic nitrogens is 3. The van der Waals surface area contributed by atoms with Gasteiger partial charge in [0.05, 0.1) is 16.6 Å². The topological polar surface area (TPSA) is 76.9 Å². The summed E-state index contributed by atoms with van der Waals surface area (Å²) in [7, 11) is 0. The SMILES string of the molecule is Cc1nc2ncccc2c(=O)n1-c1ccc(NC(=O)c2ccccc2I)cc1. The van der Waals surface area contributed by atoms with Gasteiger partial charge in [-0.15, -0.1) is 0 Å². The third-order valence-corrected chi connectivity index (χ3v) is 5.25. The zero-order valence-corrected chi connectivity index (χ0v) is 17.0. The Bertz CT molecular complexity index is 1250. The molecule has 2 heterocycles. The highest BCUT2D eigenvalue weighted by atomic mass is 127. The normalized spacial score (nSPS) is 10.8.